The van der Waals surface area contributed by atoms with Crippen molar-refractivity contribution in [3.05, 3.63) is 41.2 Å². The summed E-state index contributed by atoms with van der Waals surface area (Å²) in [6.45, 7) is 6.09. The van der Waals surface area contributed by atoms with Gasteiger partial charge in [-0.25, -0.2) is 9.97 Å². The lowest BCUT2D eigenvalue weighted by atomic mass is 10.1. The van der Waals surface area contributed by atoms with Crippen molar-refractivity contribution in [1.29, 1.82) is 0 Å². The average molecular weight is 257 g/mol. The Balaban J connectivity index is 1.77. The molecule has 0 saturated heterocycles. The molecule has 3 rings (SSSR count). The van der Waals surface area contributed by atoms with Gasteiger partial charge in [0.1, 0.15) is 23.2 Å². The number of nitrogens with zero attached hydrogens (tertiary/aromatic N) is 2. The molecule has 4 heteroatoms. The quantitative estimate of drug-likeness (QED) is 0.906. The van der Waals surface area contributed by atoms with Gasteiger partial charge in [0.2, 0.25) is 0 Å². The molecule has 0 aromatic carbocycles. The smallest absolute Gasteiger partial charge is 0.133 e. The number of anilines is 1. The Hall–Kier alpha value is -1.84. The van der Waals surface area contributed by atoms with Crippen LogP contribution < -0.4 is 5.32 Å². The summed E-state index contributed by atoms with van der Waals surface area (Å²) in [6.07, 6.45) is 4.28. The summed E-state index contributed by atoms with van der Waals surface area (Å²) in [5, 5.41) is 3.42. The van der Waals surface area contributed by atoms with Crippen LogP contribution in [-0.4, -0.2) is 9.97 Å². The lowest BCUT2D eigenvalue weighted by Gasteiger charge is -2.14. The first-order valence-corrected chi connectivity index (χ1v) is 6.80. The number of hydrogen-bond donors (Lipinski definition) is 1. The zero-order valence-corrected chi connectivity index (χ0v) is 11.6. The molecule has 0 aliphatic heterocycles. The molecule has 0 bridgehead atoms. The minimum atomic E-state index is 0.180. The average Bonchev–Trinajstić information content (AvgIpc) is 3.15. The van der Waals surface area contributed by atoms with Crippen LogP contribution in [-0.2, 0) is 0 Å². The summed E-state index contributed by atoms with van der Waals surface area (Å²) < 4.78 is 5.57. The second-order valence-corrected chi connectivity index (χ2v) is 5.31. The summed E-state index contributed by atoms with van der Waals surface area (Å²) in [4.78, 5) is 8.92. The summed E-state index contributed by atoms with van der Waals surface area (Å²) in [5.41, 5.74) is 1.18. The maximum absolute atomic E-state index is 5.57. The van der Waals surface area contributed by atoms with E-state index in [-0.39, 0.29) is 6.04 Å². The number of rotatable bonds is 4. The number of aromatic nitrogens is 2. The zero-order chi connectivity index (χ0) is 13.4. The summed E-state index contributed by atoms with van der Waals surface area (Å²) in [6, 6.07) is 4.18. The van der Waals surface area contributed by atoms with Crippen molar-refractivity contribution in [3.63, 3.8) is 0 Å². The third kappa shape index (κ3) is 2.62. The van der Waals surface area contributed by atoms with Gasteiger partial charge in [-0.15, -0.1) is 0 Å². The van der Waals surface area contributed by atoms with Crippen LogP contribution in [0.4, 0.5) is 5.82 Å². The number of nitrogens with one attached hydrogen (secondary N) is 1. The van der Waals surface area contributed by atoms with Crippen molar-refractivity contribution in [3.8, 4) is 0 Å². The highest BCUT2D eigenvalue weighted by Gasteiger charge is 2.26. The number of aryl methyl sites for hydroxylation is 2. The molecule has 19 heavy (non-hydrogen) atoms. The van der Waals surface area contributed by atoms with Crippen molar-refractivity contribution in [1.82, 2.24) is 9.97 Å². The van der Waals surface area contributed by atoms with E-state index in [4.69, 9.17) is 4.42 Å². The zero-order valence-electron chi connectivity index (χ0n) is 11.6. The molecular formula is C15H19N3O. The first-order chi connectivity index (χ1) is 9.13. The summed E-state index contributed by atoms with van der Waals surface area (Å²) in [7, 11) is 0. The van der Waals surface area contributed by atoms with Crippen molar-refractivity contribution in [2.75, 3.05) is 5.32 Å². The maximum Gasteiger partial charge on any atom is 0.133 e. The molecule has 2 heterocycles. The van der Waals surface area contributed by atoms with Crippen LogP contribution >= 0.6 is 0 Å². The monoisotopic (exact) mass is 257 g/mol. The standard InChI is InChI=1S/C15H19N3O/c1-9-8-13(11(3)19-9)10(2)17-14-6-7-16-15(18-14)12-4-5-12/h6-8,10,12H,4-5H2,1-3H3,(H,16,17,18). The predicted octanol–water partition coefficient (Wildman–Crippen LogP) is 3.74. The van der Waals surface area contributed by atoms with Crippen LogP contribution in [0.5, 0.6) is 0 Å². The van der Waals surface area contributed by atoms with Crippen LogP contribution in [0, 0.1) is 13.8 Å². The van der Waals surface area contributed by atoms with E-state index < -0.39 is 0 Å². The molecule has 100 valence electrons. The molecule has 1 unspecified atom stereocenters. The van der Waals surface area contributed by atoms with Crippen LogP contribution in [0.1, 0.15) is 54.6 Å². The van der Waals surface area contributed by atoms with Gasteiger partial charge in [-0.1, -0.05) is 0 Å². The molecule has 1 fully saturated rings. The molecule has 1 atom stereocenters. The molecule has 1 aliphatic carbocycles. The highest BCUT2D eigenvalue weighted by Crippen LogP contribution is 2.38. The van der Waals surface area contributed by atoms with E-state index in [1.165, 1.54) is 18.4 Å². The van der Waals surface area contributed by atoms with E-state index >= 15 is 0 Å². The Morgan fingerprint density at radius 1 is 1.37 bits per heavy atom. The molecule has 1 N–H and O–H groups in total. The lowest BCUT2D eigenvalue weighted by molar-refractivity contribution is 0.499. The van der Waals surface area contributed by atoms with Crippen molar-refractivity contribution in [2.45, 2.75) is 45.6 Å². The van der Waals surface area contributed by atoms with Gasteiger partial charge in [0, 0.05) is 17.7 Å². The Labute approximate surface area is 113 Å². The highest BCUT2D eigenvalue weighted by atomic mass is 16.3. The Morgan fingerprint density at radius 2 is 2.16 bits per heavy atom. The van der Waals surface area contributed by atoms with Gasteiger partial charge in [-0.3, -0.25) is 0 Å². The first kappa shape index (κ1) is 12.2. The Morgan fingerprint density at radius 3 is 2.79 bits per heavy atom. The summed E-state index contributed by atoms with van der Waals surface area (Å²) in [5.74, 6) is 4.35. The van der Waals surface area contributed by atoms with Gasteiger partial charge in [0.25, 0.3) is 0 Å². The maximum atomic E-state index is 5.57. The van der Waals surface area contributed by atoms with E-state index in [9.17, 15) is 0 Å². The molecule has 0 amide bonds. The van der Waals surface area contributed by atoms with Gasteiger partial charge in [-0.05, 0) is 45.7 Å². The molecule has 4 nitrogen and oxygen atoms in total. The van der Waals surface area contributed by atoms with Crippen molar-refractivity contribution in [2.24, 2.45) is 0 Å². The van der Waals surface area contributed by atoms with Crippen molar-refractivity contribution >= 4 is 5.82 Å². The van der Waals surface area contributed by atoms with E-state index in [0.29, 0.717) is 5.92 Å². The van der Waals surface area contributed by atoms with Gasteiger partial charge in [0.15, 0.2) is 0 Å². The lowest BCUT2D eigenvalue weighted by Crippen LogP contribution is -2.09. The largest absolute Gasteiger partial charge is 0.466 e. The second kappa shape index (κ2) is 4.68. The van der Waals surface area contributed by atoms with Crippen LogP contribution in [0.25, 0.3) is 0 Å². The predicted molar refractivity (Wildman–Crippen MR) is 74.2 cm³/mol. The number of hydrogen-bond acceptors (Lipinski definition) is 4. The van der Waals surface area contributed by atoms with Crippen LogP contribution in [0.3, 0.4) is 0 Å². The second-order valence-electron chi connectivity index (χ2n) is 5.31. The molecule has 0 spiro atoms. The fraction of sp³-hybridized carbons (Fsp3) is 0.467. The SMILES string of the molecule is Cc1cc(C(C)Nc2ccnc(C3CC3)n2)c(C)o1. The highest BCUT2D eigenvalue weighted by molar-refractivity contribution is 5.39. The third-order valence-electron chi connectivity index (χ3n) is 3.53. The molecule has 2 aromatic heterocycles. The van der Waals surface area contributed by atoms with Crippen LogP contribution in [0.2, 0.25) is 0 Å². The molecule has 1 saturated carbocycles. The number of furan rings is 1. The fourth-order valence-electron chi connectivity index (χ4n) is 2.37. The van der Waals surface area contributed by atoms with Gasteiger partial charge in [-0.2, -0.15) is 0 Å². The normalized spacial score (nSPS) is 16.4. The van der Waals surface area contributed by atoms with E-state index in [1.807, 2.05) is 26.1 Å². The first-order valence-electron chi connectivity index (χ1n) is 6.80. The van der Waals surface area contributed by atoms with E-state index in [2.05, 4.69) is 28.3 Å². The minimum absolute atomic E-state index is 0.180. The minimum Gasteiger partial charge on any atom is -0.466 e. The van der Waals surface area contributed by atoms with E-state index in [0.717, 1.165) is 23.2 Å². The van der Waals surface area contributed by atoms with Gasteiger partial charge >= 0.3 is 0 Å². The molecule has 1 aliphatic rings. The molecule has 0 radical (unpaired) electrons. The Bertz CT molecular complexity index is 587. The van der Waals surface area contributed by atoms with Gasteiger partial charge < -0.3 is 9.73 Å². The third-order valence-corrected chi connectivity index (χ3v) is 3.53. The molecule has 2 aromatic rings. The summed E-state index contributed by atoms with van der Waals surface area (Å²) >= 11 is 0. The Kier molecular flexibility index (Phi) is 3.01. The fourth-order valence-corrected chi connectivity index (χ4v) is 2.37. The van der Waals surface area contributed by atoms with Crippen LogP contribution in [0.15, 0.2) is 22.7 Å². The topological polar surface area (TPSA) is 51.0 Å². The van der Waals surface area contributed by atoms with Gasteiger partial charge in [0.05, 0.1) is 6.04 Å². The molecular weight excluding hydrogens is 238 g/mol. The van der Waals surface area contributed by atoms with Crippen molar-refractivity contribution < 1.29 is 4.42 Å². The van der Waals surface area contributed by atoms with E-state index in [1.54, 1.807) is 0 Å².